The molecule has 2 aromatic carbocycles. The topological polar surface area (TPSA) is 101 Å². The van der Waals surface area contributed by atoms with E-state index in [4.69, 9.17) is 23.2 Å². The number of nitro benzene ring substituents is 1. The van der Waals surface area contributed by atoms with E-state index in [9.17, 15) is 23.3 Å². The number of nitrogens with zero attached hydrogens (tertiary/aromatic N) is 3. The van der Waals surface area contributed by atoms with Crippen LogP contribution < -0.4 is 0 Å². The second kappa shape index (κ2) is 8.66. The molecule has 1 aliphatic heterocycles. The van der Waals surface area contributed by atoms with Crippen LogP contribution in [-0.4, -0.2) is 54.6 Å². The first-order chi connectivity index (χ1) is 13.7. The molecule has 11 heteroatoms. The molecule has 8 nitrogen and oxygen atoms in total. The zero-order valence-electron chi connectivity index (χ0n) is 15.1. The van der Waals surface area contributed by atoms with Crippen LogP contribution in [0.2, 0.25) is 10.0 Å². The fourth-order valence-corrected chi connectivity index (χ4v) is 4.89. The highest BCUT2D eigenvalue weighted by Gasteiger charge is 2.31. The maximum atomic E-state index is 12.8. The van der Waals surface area contributed by atoms with Gasteiger partial charge >= 0.3 is 0 Å². The van der Waals surface area contributed by atoms with Crippen molar-refractivity contribution in [3.8, 4) is 0 Å². The van der Waals surface area contributed by atoms with Gasteiger partial charge in [0, 0.05) is 37.8 Å². The first-order valence-electron chi connectivity index (χ1n) is 8.65. The summed E-state index contributed by atoms with van der Waals surface area (Å²) in [6.45, 7) is 0.621. The van der Waals surface area contributed by atoms with Gasteiger partial charge in [-0.15, -0.1) is 0 Å². The van der Waals surface area contributed by atoms with Crippen molar-refractivity contribution in [3.05, 3.63) is 68.2 Å². The maximum Gasteiger partial charge on any atom is 0.273 e. The molecule has 3 rings (SSSR count). The van der Waals surface area contributed by atoms with Crippen molar-refractivity contribution in [2.24, 2.45) is 0 Å². The largest absolute Gasteiger partial charge is 0.340 e. The molecule has 1 fully saturated rings. The van der Waals surface area contributed by atoms with Crippen LogP contribution in [-0.2, 0) is 21.2 Å². The van der Waals surface area contributed by atoms with Gasteiger partial charge in [-0.2, -0.15) is 4.31 Å². The van der Waals surface area contributed by atoms with Gasteiger partial charge < -0.3 is 4.90 Å². The molecule has 29 heavy (non-hydrogen) atoms. The molecule has 0 bridgehead atoms. The molecule has 0 unspecified atom stereocenters. The van der Waals surface area contributed by atoms with Gasteiger partial charge in [-0.3, -0.25) is 14.9 Å². The number of carbonyl (C=O) groups excluding carboxylic acids is 1. The fraction of sp³-hybridized carbons (Fsp3) is 0.278. The van der Waals surface area contributed by atoms with Gasteiger partial charge in [-0.05, 0) is 18.2 Å². The Balaban J connectivity index is 1.66. The van der Waals surface area contributed by atoms with Crippen LogP contribution in [0.1, 0.15) is 5.56 Å². The number of benzene rings is 2. The van der Waals surface area contributed by atoms with Crippen LogP contribution in [0, 0.1) is 10.1 Å². The van der Waals surface area contributed by atoms with E-state index < -0.39 is 14.9 Å². The molecule has 0 spiro atoms. The van der Waals surface area contributed by atoms with E-state index in [0.29, 0.717) is 5.56 Å². The van der Waals surface area contributed by atoms with Crippen LogP contribution in [0.3, 0.4) is 0 Å². The maximum absolute atomic E-state index is 12.8. The molecule has 0 atom stereocenters. The van der Waals surface area contributed by atoms with Gasteiger partial charge in [-0.1, -0.05) is 41.4 Å². The number of carbonyl (C=O) groups is 1. The fourth-order valence-electron chi connectivity index (χ4n) is 3.08. The number of hydrogen-bond acceptors (Lipinski definition) is 5. The van der Waals surface area contributed by atoms with E-state index in [0.717, 1.165) is 0 Å². The third-order valence-corrected chi connectivity index (χ3v) is 7.28. The van der Waals surface area contributed by atoms with Gasteiger partial charge in [0.25, 0.3) is 5.69 Å². The Hall–Kier alpha value is -2.20. The molecule has 1 amide bonds. The quantitative estimate of drug-likeness (QED) is 0.507. The minimum absolute atomic E-state index is 0.0339. The summed E-state index contributed by atoms with van der Waals surface area (Å²) in [4.78, 5) is 24.7. The highest BCUT2D eigenvalue weighted by atomic mass is 35.5. The minimum Gasteiger partial charge on any atom is -0.340 e. The molecule has 2 aromatic rings. The highest BCUT2D eigenvalue weighted by molar-refractivity contribution is 7.89. The van der Waals surface area contributed by atoms with E-state index in [1.807, 2.05) is 0 Å². The van der Waals surface area contributed by atoms with Gasteiger partial charge in [0.05, 0.1) is 26.3 Å². The van der Waals surface area contributed by atoms with Crippen molar-refractivity contribution >= 4 is 44.8 Å². The smallest absolute Gasteiger partial charge is 0.273 e. The second-order valence-electron chi connectivity index (χ2n) is 6.42. The first kappa shape index (κ1) is 21.5. The molecule has 0 N–H and O–H groups in total. The number of hydrogen-bond donors (Lipinski definition) is 0. The standard InChI is InChI=1S/C18H17Cl2N3O5S/c19-15-6-5-14(12-16(15)20)29(27,28)22-9-7-21(8-10-22)18(24)11-13-3-1-2-4-17(13)23(25)26/h1-6,12H,7-11H2. The van der Waals surface area contributed by atoms with E-state index in [1.54, 1.807) is 18.2 Å². The Kier molecular flexibility index (Phi) is 6.42. The summed E-state index contributed by atoms with van der Waals surface area (Å²) in [6, 6.07) is 10.2. The first-order valence-corrected chi connectivity index (χ1v) is 10.8. The van der Waals surface area contributed by atoms with Crippen LogP contribution in [0.4, 0.5) is 5.69 Å². The summed E-state index contributed by atoms with van der Waals surface area (Å²) in [5.41, 5.74) is 0.218. The molecule has 1 saturated heterocycles. The Morgan fingerprint density at radius 1 is 1.03 bits per heavy atom. The minimum atomic E-state index is -3.76. The van der Waals surface area contributed by atoms with E-state index >= 15 is 0 Å². The normalized spacial score (nSPS) is 15.3. The molecule has 0 aromatic heterocycles. The summed E-state index contributed by atoms with van der Waals surface area (Å²) in [5, 5.41) is 11.5. The zero-order valence-corrected chi connectivity index (χ0v) is 17.5. The lowest BCUT2D eigenvalue weighted by molar-refractivity contribution is -0.385. The number of amides is 1. The number of sulfonamides is 1. The summed E-state index contributed by atoms with van der Waals surface area (Å²) >= 11 is 11.8. The van der Waals surface area contributed by atoms with Crippen LogP contribution in [0.5, 0.6) is 0 Å². The summed E-state index contributed by atoms with van der Waals surface area (Å²) in [5.74, 6) is -0.286. The lowest BCUT2D eigenvalue weighted by atomic mass is 10.1. The van der Waals surface area contributed by atoms with Gasteiger partial charge in [-0.25, -0.2) is 8.42 Å². The Bertz CT molecular complexity index is 1050. The zero-order chi connectivity index (χ0) is 21.2. The molecule has 0 radical (unpaired) electrons. The van der Waals surface area contributed by atoms with Crippen molar-refractivity contribution in [3.63, 3.8) is 0 Å². The Labute approximate surface area is 177 Å². The SMILES string of the molecule is O=C(Cc1ccccc1[N+](=O)[O-])N1CCN(S(=O)(=O)c2ccc(Cl)c(Cl)c2)CC1. The van der Waals surface area contributed by atoms with Crippen LogP contribution >= 0.6 is 23.2 Å². The number of halogens is 2. The summed E-state index contributed by atoms with van der Waals surface area (Å²) in [7, 11) is -3.76. The third-order valence-electron chi connectivity index (χ3n) is 4.65. The molecular formula is C18H17Cl2N3O5S. The predicted molar refractivity (Wildman–Crippen MR) is 109 cm³/mol. The van der Waals surface area contributed by atoms with Crippen molar-refractivity contribution in [1.29, 1.82) is 0 Å². The summed E-state index contributed by atoms with van der Waals surface area (Å²) < 4.78 is 26.8. The van der Waals surface area contributed by atoms with Crippen LogP contribution in [0.25, 0.3) is 0 Å². The van der Waals surface area contributed by atoms with Gasteiger partial charge in [0.15, 0.2) is 0 Å². The van der Waals surface area contributed by atoms with Gasteiger partial charge in [0.1, 0.15) is 0 Å². The second-order valence-corrected chi connectivity index (χ2v) is 9.18. The molecule has 0 saturated carbocycles. The molecule has 154 valence electrons. The molecule has 1 heterocycles. The average molecular weight is 458 g/mol. The van der Waals surface area contributed by atoms with Crippen LogP contribution in [0.15, 0.2) is 47.4 Å². The molecule has 0 aliphatic carbocycles. The monoisotopic (exact) mass is 457 g/mol. The Morgan fingerprint density at radius 2 is 1.69 bits per heavy atom. The number of para-hydroxylation sites is 1. The number of piperazine rings is 1. The van der Waals surface area contributed by atoms with Crippen molar-refractivity contribution in [2.45, 2.75) is 11.3 Å². The molecule has 1 aliphatic rings. The summed E-state index contributed by atoms with van der Waals surface area (Å²) in [6.07, 6.45) is -0.114. The average Bonchev–Trinajstić information content (AvgIpc) is 2.70. The lowest BCUT2D eigenvalue weighted by Gasteiger charge is -2.34. The lowest BCUT2D eigenvalue weighted by Crippen LogP contribution is -2.50. The third kappa shape index (κ3) is 4.69. The van der Waals surface area contributed by atoms with E-state index in [-0.39, 0.29) is 59.1 Å². The Morgan fingerprint density at radius 3 is 2.31 bits per heavy atom. The van der Waals surface area contributed by atoms with Crippen molar-refractivity contribution in [1.82, 2.24) is 9.21 Å². The van der Waals surface area contributed by atoms with Crippen molar-refractivity contribution in [2.75, 3.05) is 26.2 Å². The number of nitro groups is 1. The predicted octanol–water partition coefficient (Wildman–Crippen LogP) is 2.98. The van der Waals surface area contributed by atoms with E-state index in [2.05, 4.69) is 0 Å². The van der Waals surface area contributed by atoms with E-state index in [1.165, 1.54) is 33.5 Å². The molecular weight excluding hydrogens is 441 g/mol. The number of rotatable bonds is 5. The van der Waals surface area contributed by atoms with Gasteiger partial charge in [0.2, 0.25) is 15.9 Å². The highest BCUT2D eigenvalue weighted by Crippen LogP contribution is 2.27. The van der Waals surface area contributed by atoms with Crippen molar-refractivity contribution < 1.29 is 18.1 Å².